The number of nitrogens with one attached hydrogen (secondary N) is 1. The molecule has 0 radical (unpaired) electrons. The molecule has 1 aliphatic rings. The molecule has 0 aliphatic carbocycles. The van der Waals surface area contributed by atoms with E-state index in [1.165, 1.54) is 12.8 Å². The Morgan fingerprint density at radius 3 is 2.47 bits per heavy atom. The van der Waals surface area contributed by atoms with E-state index in [0.717, 1.165) is 58.5 Å². The average molecular weight is 429 g/mol. The van der Waals surface area contributed by atoms with E-state index in [2.05, 4.69) is 21.4 Å². The minimum Gasteiger partial charge on any atom is -0.496 e. The van der Waals surface area contributed by atoms with Gasteiger partial charge in [0.1, 0.15) is 17.0 Å². The van der Waals surface area contributed by atoms with Crippen molar-refractivity contribution in [3.8, 4) is 22.6 Å². The first kappa shape index (κ1) is 20.8. The first-order valence-corrected chi connectivity index (χ1v) is 11.4. The number of H-pyrrole nitrogens is 1. The lowest BCUT2D eigenvalue weighted by atomic mass is 10.00. The fourth-order valence-corrected chi connectivity index (χ4v) is 4.89. The number of pyridine rings is 1. The lowest BCUT2D eigenvalue weighted by Gasteiger charge is -2.32. The van der Waals surface area contributed by atoms with Crippen LogP contribution in [-0.2, 0) is 13.6 Å². The number of hydrogen-bond acceptors (Lipinski definition) is 6. The van der Waals surface area contributed by atoms with Crippen molar-refractivity contribution >= 4 is 22.7 Å². The third-order valence-electron chi connectivity index (χ3n) is 5.96. The Hall–Kier alpha value is -2.45. The number of hydrogen-bond donors (Lipinski definition) is 1. The molecular formula is C22H28N4O3S. The Labute approximate surface area is 180 Å². The van der Waals surface area contributed by atoms with Crippen LogP contribution < -0.4 is 15.0 Å². The third-order valence-corrected chi connectivity index (χ3v) is 7.09. The standard InChI is InChI=1S/C22H28N4O3S/c1-25-12-17(16-11-23-24-21(16)22(25)27)14-9-19(28-2)18(20(10-14)29-3)13-26-7-5-15(30-4)6-8-26/h9-12,15H,5-8,13H2,1-4H3,(H,23,24). The Kier molecular flexibility index (Phi) is 6.06. The van der Waals surface area contributed by atoms with Gasteiger partial charge in [0.15, 0.2) is 0 Å². The van der Waals surface area contributed by atoms with Gasteiger partial charge in [-0.05, 0) is 49.9 Å². The second-order valence-corrected chi connectivity index (χ2v) is 8.83. The van der Waals surface area contributed by atoms with Gasteiger partial charge in [-0.2, -0.15) is 16.9 Å². The number of fused-ring (bicyclic) bond motifs is 1. The van der Waals surface area contributed by atoms with E-state index in [4.69, 9.17) is 9.47 Å². The van der Waals surface area contributed by atoms with Gasteiger partial charge in [0.2, 0.25) is 0 Å². The number of thioether (sulfide) groups is 1. The van der Waals surface area contributed by atoms with Crippen molar-refractivity contribution in [3.63, 3.8) is 0 Å². The Morgan fingerprint density at radius 1 is 1.20 bits per heavy atom. The molecule has 160 valence electrons. The molecule has 1 N–H and O–H groups in total. The van der Waals surface area contributed by atoms with Gasteiger partial charge in [0.25, 0.3) is 5.56 Å². The summed E-state index contributed by atoms with van der Waals surface area (Å²) in [4.78, 5) is 14.8. The van der Waals surface area contributed by atoms with Crippen LogP contribution in [0.3, 0.4) is 0 Å². The van der Waals surface area contributed by atoms with Crippen LogP contribution in [0.25, 0.3) is 22.0 Å². The van der Waals surface area contributed by atoms with E-state index in [9.17, 15) is 4.79 Å². The minimum absolute atomic E-state index is 0.101. The van der Waals surface area contributed by atoms with Crippen LogP contribution in [0, 0.1) is 0 Å². The molecule has 0 bridgehead atoms. The van der Waals surface area contributed by atoms with Crippen molar-refractivity contribution in [3.05, 3.63) is 40.4 Å². The molecule has 1 saturated heterocycles. The van der Waals surface area contributed by atoms with E-state index in [0.29, 0.717) is 5.52 Å². The first-order chi connectivity index (χ1) is 14.5. The van der Waals surface area contributed by atoms with E-state index < -0.39 is 0 Å². The summed E-state index contributed by atoms with van der Waals surface area (Å²) >= 11 is 1.96. The van der Waals surface area contributed by atoms with Crippen molar-refractivity contribution in [2.45, 2.75) is 24.6 Å². The predicted octanol–water partition coefficient (Wildman–Crippen LogP) is 3.27. The van der Waals surface area contributed by atoms with Gasteiger partial charge < -0.3 is 14.0 Å². The summed E-state index contributed by atoms with van der Waals surface area (Å²) in [7, 11) is 5.12. The summed E-state index contributed by atoms with van der Waals surface area (Å²) < 4.78 is 13.1. The quantitative estimate of drug-likeness (QED) is 0.650. The normalized spacial score (nSPS) is 15.6. The molecular weight excluding hydrogens is 400 g/mol. The van der Waals surface area contributed by atoms with Crippen LogP contribution in [0.2, 0.25) is 0 Å². The largest absolute Gasteiger partial charge is 0.496 e. The monoisotopic (exact) mass is 428 g/mol. The second kappa shape index (κ2) is 8.73. The highest BCUT2D eigenvalue weighted by molar-refractivity contribution is 7.99. The zero-order valence-electron chi connectivity index (χ0n) is 17.9. The molecule has 1 aliphatic heterocycles. The Bertz CT molecular complexity index is 1070. The number of benzene rings is 1. The van der Waals surface area contributed by atoms with Gasteiger partial charge in [0, 0.05) is 36.0 Å². The Balaban J connectivity index is 1.74. The molecule has 3 aromatic rings. The first-order valence-electron chi connectivity index (χ1n) is 10.1. The number of aromatic amines is 1. The molecule has 4 rings (SSSR count). The van der Waals surface area contributed by atoms with Crippen molar-refractivity contribution in [2.24, 2.45) is 7.05 Å². The number of ether oxygens (including phenoxy) is 2. The van der Waals surface area contributed by atoms with Gasteiger partial charge in [-0.15, -0.1) is 0 Å². The van der Waals surface area contributed by atoms with Crippen LogP contribution in [0.1, 0.15) is 18.4 Å². The highest BCUT2D eigenvalue weighted by Crippen LogP contribution is 2.38. The van der Waals surface area contributed by atoms with E-state index in [-0.39, 0.29) is 5.56 Å². The van der Waals surface area contributed by atoms with E-state index in [1.54, 1.807) is 32.0 Å². The molecule has 8 heteroatoms. The van der Waals surface area contributed by atoms with Gasteiger partial charge in [-0.1, -0.05) is 0 Å². The van der Waals surface area contributed by atoms with Crippen molar-refractivity contribution < 1.29 is 9.47 Å². The molecule has 30 heavy (non-hydrogen) atoms. The lowest BCUT2D eigenvalue weighted by molar-refractivity contribution is 0.219. The van der Waals surface area contributed by atoms with Gasteiger partial charge in [-0.25, -0.2) is 0 Å². The Morgan fingerprint density at radius 2 is 1.87 bits per heavy atom. The van der Waals surface area contributed by atoms with Crippen LogP contribution >= 0.6 is 11.8 Å². The van der Waals surface area contributed by atoms with Crippen LogP contribution in [0.5, 0.6) is 11.5 Å². The topological polar surface area (TPSA) is 72.4 Å². The summed E-state index contributed by atoms with van der Waals surface area (Å²) in [5.74, 6) is 1.59. The summed E-state index contributed by atoms with van der Waals surface area (Å²) in [6.07, 6.45) is 8.14. The highest BCUT2D eigenvalue weighted by atomic mass is 32.2. The molecule has 7 nitrogen and oxygen atoms in total. The summed E-state index contributed by atoms with van der Waals surface area (Å²) in [5, 5.41) is 8.43. The number of nitrogens with zero attached hydrogens (tertiary/aromatic N) is 3. The lowest BCUT2D eigenvalue weighted by Crippen LogP contribution is -2.34. The number of piperidine rings is 1. The van der Waals surface area contributed by atoms with E-state index >= 15 is 0 Å². The fourth-order valence-electron chi connectivity index (χ4n) is 4.20. The molecule has 1 fully saturated rings. The average Bonchev–Trinajstić information content (AvgIpc) is 3.27. The molecule has 0 saturated carbocycles. The fraction of sp³-hybridized carbons (Fsp3) is 0.455. The van der Waals surface area contributed by atoms with Crippen molar-refractivity contribution in [2.75, 3.05) is 33.6 Å². The molecule has 0 spiro atoms. The molecule has 0 atom stereocenters. The third kappa shape index (κ3) is 3.81. The molecule has 0 amide bonds. The van der Waals surface area contributed by atoms with Crippen LogP contribution in [0.4, 0.5) is 0 Å². The zero-order valence-corrected chi connectivity index (χ0v) is 18.7. The predicted molar refractivity (Wildman–Crippen MR) is 122 cm³/mol. The minimum atomic E-state index is -0.101. The second-order valence-electron chi connectivity index (χ2n) is 7.69. The number of methoxy groups -OCH3 is 2. The van der Waals surface area contributed by atoms with E-state index in [1.807, 2.05) is 30.1 Å². The SMILES string of the molecule is COc1cc(-c2cn(C)c(=O)c3[nH]ncc23)cc(OC)c1CN1CCC(SC)CC1. The maximum Gasteiger partial charge on any atom is 0.276 e. The van der Waals surface area contributed by atoms with Crippen LogP contribution in [-0.4, -0.2) is 58.5 Å². The summed E-state index contributed by atoms with van der Waals surface area (Å²) in [5.41, 5.74) is 3.28. The molecule has 1 aromatic carbocycles. The number of likely N-dealkylation sites (tertiary alicyclic amines) is 1. The zero-order chi connectivity index (χ0) is 21.3. The smallest absolute Gasteiger partial charge is 0.276 e. The maximum atomic E-state index is 12.4. The molecule has 3 heterocycles. The summed E-state index contributed by atoms with van der Waals surface area (Å²) in [6.45, 7) is 2.95. The number of rotatable bonds is 6. The van der Waals surface area contributed by atoms with Crippen molar-refractivity contribution in [1.82, 2.24) is 19.7 Å². The van der Waals surface area contributed by atoms with Gasteiger partial charge >= 0.3 is 0 Å². The van der Waals surface area contributed by atoms with Crippen molar-refractivity contribution in [1.29, 1.82) is 0 Å². The van der Waals surface area contributed by atoms with Gasteiger partial charge in [-0.3, -0.25) is 14.8 Å². The number of aryl methyl sites for hydroxylation is 1. The van der Waals surface area contributed by atoms with Gasteiger partial charge in [0.05, 0.1) is 26.0 Å². The maximum absolute atomic E-state index is 12.4. The summed E-state index contributed by atoms with van der Waals surface area (Å²) in [6, 6.07) is 4.05. The molecule has 2 aromatic heterocycles. The van der Waals surface area contributed by atoms with Crippen LogP contribution in [0.15, 0.2) is 29.3 Å². The highest BCUT2D eigenvalue weighted by Gasteiger charge is 2.22. The molecule has 0 unspecified atom stereocenters. The number of aromatic nitrogens is 3.